The van der Waals surface area contributed by atoms with Crippen LogP contribution < -0.4 is 5.56 Å². The van der Waals surface area contributed by atoms with Gasteiger partial charge in [-0.3, -0.25) is 14.3 Å². The highest BCUT2D eigenvalue weighted by atomic mass is 32.2. The average molecular weight is 488 g/mol. The Labute approximate surface area is 196 Å². The van der Waals surface area contributed by atoms with Crippen LogP contribution in [-0.2, 0) is 13.2 Å². The monoisotopic (exact) mass is 488 g/mol. The number of Topliss-reactive ketones (excluding diaryl/α,β-unsaturated/α-hetero) is 1. The van der Waals surface area contributed by atoms with Gasteiger partial charge in [-0.05, 0) is 42.5 Å². The number of para-hydroxylation sites is 1. The number of aromatic nitrogens is 6. The summed E-state index contributed by atoms with van der Waals surface area (Å²) in [5, 5.41) is 10.6. The zero-order valence-electron chi connectivity index (χ0n) is 18.3. The van der Waals surface area contributed by atoms with E-state index in [9.17, 15) is 22.8 Å². The molecule has 8 nitrogen and oxygen atoms in total. The van der Waals surface area contributed by atoms with Gasteiger partial charge in [0.15, 0.2) is 11.5 Å². The maximum absolute atomic E-state index is 13.4. The van der Waals surface area contributed by atoms with Gasteiger partial charge in [0.05, 0.1) is 22.2 Å². The topological polar surface area (TPSA) is 87.6 Å². The minimum Gasteiger partial charge on any atom is -0.293 e. The molecule has 0 fully saturated rings. The standard InChI is InChI=1S/C22H19F3N6O2S/c1-13-18(20(33)31(29(13)3)15-9-5-4-6-10-15)30-21(26-27-28-30)34-14(2)19(32)16-11-7-8-12-17(16)22(23,24)25/h4-12,14H,1-3H3. The molecular weight excluding hydrogens is 469 g/mol. The summed E-state index contributed by atoms with van der Waals surface area (Å²) in [4.78, 5) is 26.2. The van der Waals surface area contributed by atoms with Gasteiger partial charge in [-0.25, -0.2) is 4.68 Å². The van der Waals surface area contributed by atoms with E-state index in [1.165, 1.54) is 28.4 Å². The molecule has 2 aromatic heterocycles. The van der Waals surface area contributed by atoms with E-state index >= 15 is 0 Å². The molecule has 0 aliphatic carbocycles. The summed E-state index contributed by atoms with van der Waals surface area (Å²) in [6, 6.07) is 13.6. The molecule has 0 saturated heterocycles. The summed E-state index contributed by atoms with van der Waals surface area (Å²) >= 11 is 0.875. The van der Waals surface area contributed by atoms with E-state index in [-0.39, 0.29) is 16.4 Å². The number of thioether (sulfide) groups is 1. The summed E-state index contributed by atoms with van der Waals surface area (Å²) in [5.41, 5.74) is -0.452. The molecule has 0 saturated carbocycles. The van der Waals surface area contributed by atoms with Crippen molar-refractivity contribution in [1.82, 2.24) is 29.6 Å². The van der Waals surface area contributed by atoms with Crippen molar-refractivity contribution in [2.75, 3.05) is 0 Å². The molecular formula is C22H19F3N6O2S. The fourth-order valence-electron chi connectivity index (χ4n) is 3.57. The zero-order chi connectivity index (χ0) is 24.6. The largest absolute Gasteiger partial charge is 0.417 e. The molecule has 0 bridgehead atoms. The van der Waals surface area contributed by atoms with Crippen LogP contribution >= 0.6 is 11.8 Å². The molecule has 12 heteroatoms. The third-order valence-corrected chi connectivity index (χ3v) is 6.36. The number of rotatable bonds is 6. The minimum atomic E-state index is -4.66. The zero-order valence-corrected chi connectivity index (χ0v) is 19.1. The molecule has 0 radical (unpaired) electrons. The van der Waals surface area contributed by atoms with Crippen LogP contribution in [-0.4, -0.2) is 40.6 Å². The van der Waals surface area contributed by atoms with E-state index in [0.717, 1.165) is 23.9 Å². The maximum atomic E-state index is 13.4. The predicted molar refractivity (Wildman–Crippen MR) is 120 cm³/mol. The van der Waals surface area contributed by atoms with Crippen molar-refractivity contribution in [2.45, 2.75) is 30.4 Å². The molecule has 34 heavy (non-hydrogen) atoms. The highest BCUT2D eigenvalue weighted by Crippen LogP contribution is 2.34. The number of tetrazole rings is 1. The molecule has 0 spiro atoms. The van der Waals surface area contributed by atoms with Gasteiger partial charge in [0.1, 0.15) is 0 Å². The fourth-order valence-corrected chi connectivity index (χ4v) is 4.43. The Morgan fingerprint density at radius 1 is 1.06 bits per heavy atom. The van der Waals surface area contributed by atoms with E-state index in [4.69, 9.17) is 0 Å². The van der Waals surface area contributed by atoms with Gasteiger partial charge in [-0.1, -0.05) is 48.2 Å². The molecule has 4 aromatic rings. The highest BCUT2D eigenvalue weighted by molar-refractivity contribution is 8.00. The van der Waals surface area contributed by atoms with Crippen molar-refractivity contribution in [3.8, 4) is 11.4 Å². The first-order chi connectivity index (χ1) is 16.1. The van der Waals surface area contributed by atoms with Gasteiger partial charge < -0.3 is 0 Å². The van der Waals surface area contributed by atoms with Gasteiger partial charge in [-0.2, -0.15) is 17.9 Å². The molecule has 0 amide bonds. The number of nitrogens with zero attached hydrogens (tertiary/aromatic N) is 6. The van der Waals surface area contributed by atoms with Gasteiger partial charge >= 0.3 is 6.18 Å². The number of halogens is 3. The smallest absolute Gasteiger partial charge is 0.293 e. The Kier molecular flexibility index (Phi) is 6.17. The van der Waals surface area contributed by atoms with E-state index in [1.54, 1.807) is 42.9 Å². The maximum Gasteiger partial charge on any atom is 0.417 e. The third kappa shape index (κ3) is 4.16. The average Bonchev–Trinajstić information content (AvgIpc) is 3.34. The van der Waals surface area contributed by atoms with Crippen LogP contribution in [0.15, 0.2) is 64.5 Å². The number of alkyl halides is 3. The van der Waals surface area contributed by atoms with Crippen LogP contribution in [0.25, 0.3) is 11.4 Å². The Hall–Kier alpha value is -3.67. The molecule has 176 valence electrons. The number of hydrogen-bond donors (Lipinski definition) is 0. The van der Waals surface area contributed by atoms with E-state index < -0.39 is 28.3 Å². The first kappa shape index (κ1) is 23.5. The van der Waals surface area contributed by atoms with Gasteiger partial charge in [-0.15, -0.1) is 5.10 Å². The van der Waals surface area contributed by atoms with Crippen molar-refractivity contribution in [3.05, 3.63) is 81.8 Å². The SMILES string of the molecule is Cc1c(-n2nnnc2SC(C)C(=O)c2ccccc2C(F)(F)F)c(=O)n(-c2ccccc2)n1C. The van der Waals surface area contributed by atoms with Crippen molar-refractivity contribution >= 4 is 17.5 Å². The van der Waals surface area contributed by atoms with Gasteiger partial charge in [0.2, 0.25) is 5.16 Å². The summed E-state index contributed by atoms with van der Waals surface area (Å²) < 4.78 is 44.4. The lowest BCUT2D eigenvalue weighted by Gasteiger charge is -2.15. The molecule has 0 aliphatic heterocycles. The Morgan fingerprint density at radius 3 is 2.38 bits per heavy atom. The van der Waals surface area contributed by atoms with E-state index in [2.05, 4.69) is 15.5 Å². The predicted octanol–water partition coefficient (Wildman–Crippen LogP) is 3.84. The van der Waals surface area contributed by atoms with Crippen molar-refractivity contribution < 1.29 is 18.0 Å². The van der Waals surface area contributed by atoms with Crippen LogP contribution in [0.3, 0.4) is 0 Å². The van der Waals surface area contributed by atoms with Crippen LogP contribution in [0, 0.1) is 6.92 Å². The highest BCUT2D eigenvalue weighted by Gasteiger charge is 2.36. The van der Waals surface area contributed by atoms with E-state index in [0.29, 0.717) is 11.4 Å². The van der Waals surface area contributed by atoms with Crippen molar-refractivity contribution in [2.24, 2.45) is 7.05 Å². The third-order valence-electron chi connectivity index (χ3n) is 5.33. The van der Waals surface area contributed by atoms with Crippen LogP contribution in [0.5, 0.6) is 0 Å². The summed E-state index contributed by atoms with van der Waals surface area (Å²) in [6.07, 6.45) is -4.66. The normalized spacial score (nSPS) is 12.6. The first-order valence-corrected chi connectivity index (χ1v) is 11.0. The quantitative estimate of drug-likeness (QED) is 0.303. The van der Waals surface area contributed by atoms with Crippen molar-refractivity contribution in [3.63, 3.8) is 0 Å². The van der Waals surface area contributed by atoms with Crippen LogP contribution in [0.2, 0.25) is 0 Å². The lowest BCUT2D eigenvalue weighted by atomic mass is 10.0. The minimum absolute atomic E-state index is 0.108. The molecule has 1 unspecified atom stereocenters. The number of benzene rings is 2. The van der Waals surface area contributed by atoms with Crippen molar-refractivity contribution in [1.29, 1.82) is 0 Å². The summed E-state index contributed by atoms with van der Waals surface area (Å²) in [7, 11) is 1.71. The first-order valence-electron chi connectivity index (χ1n) is 10.1. The summed E-state index contributed by atoms with van der Waals surface area (Å²) in [6.45, 7) is 3.19. The molecule has 2 aromatic carbocycles. The lowest BCUT2D eigenvalue weighted by Crippen LogP contribution is -2.22. The van der Waals surface area contributed by atoms with Crippen LogP contribution in [0.1, 0.15) is 28.5 Å². The molecule has 4 rings (SSSR count). The molecule has 2 heterocycles. The summed E-state index contributed by atoms with van der Waals surface area (Å²) in [5.74, 6) is -0.723. The van der Waals surface area contributed by atoms with E-state index in [1.807, 2.05) is 6.07 Å². The number of hydrogen-bond acceptors (Lipinski definition) is 6. The Bertz CT molecular complexity index is 1410. The number of carbonyl (C=O) groups excluding carboxylic acids is 1. The molecule has 0 aliphatic rings. The second-order valence-corrected chi connectivity index (χ2v) is 8.76. The second-order valence-electron chi connectivity index (χ2n) is 7.45. The molecule has 1 atom stereocenters. The van der Waals surface area contributed by atoms with Gasteiger partial charge in [0.25, 0.3) is 5.56 Å². The fraction of sp³-hybridized carbons (Fsp3) is 0.227. The Balaban J connectivity index is 1.70. The van der Waals surface area contributed by atoms with Gasteiger partial charge in [0, 0.05) is 12.6 Å². The lowest BCUT2D eigenvalue weighted by molar-refractivity contribution is -0.137. The Morgan fingerprint density at radius 2 is 1.71 bits per heavy atom. The molecule has 0 N–H and O–H groups in total. The second kappa shape index (κ2) is 8.93. The number of ketones is 1. The number of carbonyl (C=O) groups is 1. The van der Waals surface area contributed by atoms with Crippen LogP contribution in [0.4, 0.5) is 13.2 Å².